The molecule has 1 unspecified atom stereocenters. The molecular weight excluding hydrogens is 495 g/mol. The Morgan fingerprint density at radius 1 is 1.00 bits per heavy atom. The van der Waals surface area contributed by atoms with Gasteiger partial charge in [-0.15, -0.1) is 24.0 Å². The van der Waals surface area contributed by atoms with Gasteiger partial charge in [-0.3, -0.25) is 9.89 Å². The van der Waals surface area contributed by atoms with Gasteiger partial charge in [-0.1, -0.05) is 19.3 Å². The molecular formula is C22H43IN4O3. The standard InChI is InChI=1S/C22H42N4O3.HI/c1-2-23-20(25-17-22(8-12-27)9-13-29-19-22)24-16-21(6-4-3-5-7-21)18-26-10-14-28-15-11-26;/h27H,2-19H2,1H3,(H2,23,24,25);1H. The summed E-state index contributed by atoms with van der Waals surface area (Å²) in [5.74, 6) is 0.906. The normalized spacial score (nSPS) is 27.5. The number of morpholine rings is 1. The van der Waals surface area contributed by atoms with E-state index in [1.165, 1.54) is 32.1 Å². The van der Waals surface area contributed by atoms with Gasteiger partial charge >= 0.3 is 0 Å². The van der Waals surface area contributed by atoms with Crippen molar-refractivity contribution >= 4 is 29.9 Å². The number of guanidine groups is 1. The van der Waals surface area contributed by atoms with Crippen molar-refractivity contribution in [3.63, 3.8) is 0 Å². The van der Waals surface area contributed by atoms with Crippen molar-refractivity contribution in [2.45, 2.75) is 51.9 Å². The number of hydrogen-bond acceptors (Lipinski definition) is 5. The minimum absolute atomic E-state index is 0. The fraction of sp³-hybridized carbons (Fsp3) is 0.955. The van der Waals surface area contributed by atoms with Crippen LogP contribution in [0.2, 0.25) is 0 Å². The lowest BCUT2D eigenvalue weighted by Crippen LogP contribution is -2.47. The van der Waals surface area contributed by atoms with Gasteiger partial charge in [-0.25, -0.2) is 0 Å². The Hall–Kier alpha value is -0.160. The second-order valence-corrected chi connectivity index (χ2v) is 9.27. The molecule has 0 bridgehead atoms. The van der Waals surface area contributed by atoms with E-state index in [1.54, 1.807) is 0 Å². The minimum atomic E-state index is 0. The highest BCUT2D eigenvalue weighted by Gasteiger charge is 2.36. The van der Waals surface area contributed by atoms with Crippen LogP contribution in [0.3, 0.4) is 0 Å². The molecule has 0 spiro atoms. The molecule has 0 aromatic heterocycles. The lowest BCUT2D eigenvalue weighted by Gasteiger charge is -2.41. The fourth-order valence-electron chi connectivity index (χ4n) is 5.07. The summed E-state index contributed by atoms with van der Waals surface area (Å²) in [5.41, 5.74) is 0.318. The topological polar surface area (TPSA) is 78.4 Å². The predicted octanol–water partition coefficient (Wildman–Crippen LogP) is 2.23. The highest BCUT2D eigenvalue weighted by Crippen LogP contribution is 2.37. The van der Waals surface area contributed by atoms with Crippen LogP contribution in [0.4, 0.5) is 0 Å². The number of halogens is 1. The highest BCUT2D eigenvalue weighted by atomic mass is 127. The Morgan fingerprint density at radius 2 is 1.77 bits per heavy atom. The van der Waals surface area contributed by atoms with Crippen LogP contribution in [-0.2, 0) is 9.47 Å². The molecule has 3 N–H and O–H groups in total. The van der Waals surface area contributed by atoms with Crippen LogP contribution >= 0.6 is 24.0 Å². The maximum absolute atomic E-state index is 9.48. The second-order valence-electron chi connectivity index (χ2n) is 9.27. The third kappa shape index (κ3) is 7.76. The van der Waals surface area contributed by atoms with Crippen molar-refractivity contribution in [2.24, 2.45) is 15.8 Å². The number of aliphatic imine (C=N–C) groups is 1. The van der Waals surface area contributed by atoms with Crippen LogP contribution in [0.1, 0.15) is 51.9 Å². The summed E-state index contributed by atoms with van der Waals surface area (Å²) in [6, 6.07) is 0. The Labute approximate surface area is 199 Å². The predicted molar refractivity (Wildman–Crippen MR) is 132 cm³/mol. The highest BCUT2D eigenvalue weighted by molar-refractivity contribution is 14.0. The first-order chi connectivity index (χ1) is 14.2. The van der Waals surface area contributed by atoms with Gasteiger partial charge in [-0.2, -0.15) is 0 Å². The largest absolute Gasteiger partial charge is 0.396 e. The number of ether oxygens (including phenoxy) is 2. The van der Waals surface area contributed by atoms with Crippen LogP contribution < -0.4 is 10.6 Å². The summed E-state index contributed by atoms with van der Waals surface area (Å²) >= 11 is 0. The third-order valence-corrected chi connectivity index (χ3v) is 6.95. The molecule has 176 valence electrons. The quantitative estimate of drug-likeness (QED) is 0.238. The lowest BCUT2D eigenvalue weighted by molar-refractivity contribution is 0.00937. The molecule has 2 saturated heterocycles. The van der Waals surface area contributed by atoms with Crippen molar-refractivity contribution < 1.29 is 14.6 Å². The van der Waals surface area contributed by atoms with Gasteiger partial charge in [0.05, 0.1) is 19.8 Å². The molecule has 0 aromatic carbocycles. The van der Waals surface area contributed by atoms with E-state index in [1.807, 2.05) is 0 Å². The molecule has 3 fully saturated rings. The van der Waals surface area contributed by atoms with E-state index < -0.39 is 0 Å². The Bertz CT molecular complexity index is 503. The molecule has 1 aliphatic carbocycles. The van der Waals surface area contributed by atoms with E-state index in [-0.39, 0.29) is 41.4 Å². The number of hydrogen-bond donors (Lipinski definition) is 3. The van der Waals surface area contributed by atoms with Gasteiger partial charge in [0.15, 0.2) is 5.96 Å². The molecule has 2 heterocycles. The molecule has 8 heteroatoms. The zero-order chi connectivity index (χ0) is 20.4. The Kier molecular flexibility index (Phi) is 11.7. The molecule has 1 atom stereocenters. The molecule has 0 amide bonds. The summed E-state index contributed by atoms with van der Waals surface area (Å²) in [4.78, 5) is 7.64. The smallest absolute Gasteiger partial charge is 0.191 e. The first kappa shape index (κ1) is 26.1. The van der Waals surface area contributed by atoms with E-state index in [9.17, 15) is 5.11 Å². The molecule has 30 heavy (non-hydrogen) atoms. The maximum atomic E-state index is 9.48. The first-order valence-electron chi connectivity index (χ1n) is 11.7. The van der Waals surface area contributed by atoms with Crippen molar-refractivity contribution in [3.8, 4) is 0 Å². The number of aliphatic hydroxyl groups is 1. The maximum Gasteiger partial charge on any atom is 0.191 e. The van der Waals surface area contributed by atoms with E-state index in [2.05, 4.69) is 22.5 Å². The Balaban J connectivity index is 0.00000320. The fourth-order valence-corrected chi connectivity index (χ4v) is 5.07. The lowest BCUT2D eigenvalue weighted by atomic mass is 9.73. The zero-order valence-electron chi connectivity index (χ0n) is 18.8. The third-order valence-electron chi connectivity index (χ3n) is 6.95. The van der Waals surface area contributed by atoms with Crippen LogP contribution in [0.5, 0.6) is 0 Å². The van der Waals surface area contributed by atoms with Crippen LogP contribution in [-0.4, -0.2) is 88.3 Å². The number of aliphatic hydroxyl groups excluding tert-OH is 1. The molecule has 0 radical (unpaired) electrons. The van der Waals surface area contributed by atoms with Gasteiger partial charge in [-0.05, 0) is 32.6 Å². The van der Waals surface area contributed by atoms with E-state index >= 15 is 0 Å². The van der Waals surface area contributed by atoms with Crippen LogP contribution in [0.15, 0.2) is 4.99 Å². The monoisotopic (exact) mass is 538 g/mol. The van der Waals surface area contributed by atoms with Crippen LogP contribution in [0.25, 0.3) is 0 Å². The van der Waals surface area contributed by atoms with Gasteiger partial charge < -0.3 is 25.2 Å². The van der Waals surface area contributed by atoms with E-state index in [4.69, 9.17) is 14.5 Å². The van der Waals surface area contributed by atoms with Crippen molar-refractivity contribution in [2.75, 3.05) is 72.3 Å². The number of rotatable bonds is 9. The molecule has 1 saturated carbocycles. The average molecular weight is 539 g/mol. The summed E-state index contributed by atoms with van der Waals surface area (Å²) in [5, 5.41) is 16.5. The van der Waals surface area contributed by atoms with Gasteiger partial charge in [0.25, 0.3) is 0 Å². The number of nitrogens with one attached hydrogen (secondary N) is 2. The molecule has 2 aliphatic heterocycles. The van der Waals surface area contributed by atoms with Gasteiger partial charge in [0.1, 0.15) is 0 Å². The zero-order valence-corrected chi connectivity index (χ0v) is 21.1. The second kappa shape index (κ2) is 13.4. The van der Waals surface area contributed by atoms with Gasteiger partial charge in [0, 0.05) is 63.3 Å². The van der Waals surface area contributed by atoms with E-state index in [0.717, 1.165) is 84.5 Å². The number of nitrogens with zero attached hydrogens (tertiary/aromatic N) is 2. The van der Waals surface area contributed by atoms with Crippen molar-refractivity contribution in [1.29, 1.82) is 0 Å². The van der Waals surface area contributed by atoms with E-state index in [0.29, 0.717) is 0 Å². The summed E-state index contributed by atoms with van der Waals surface area (Å²) in [6.45, 7) is 11.3. The van der Waals surface area contributed by atoms with Crippen LogP contribution in [0, 0.1) is 10.8 Å². The van der Waals surface area contributed by atoms with Gasteiger partial charge in [0.2, 0.25) is 0 Å². The summed E-state index contributed by atoms with van der Waals surface area (Å²) < 4.78 is 11.2. The first-order valence-corrected chi connectivity index (χ1v) is 11.7. The minimum Gasteiger partial charge on any atom is -0.396 e. The molecule has 3 rings (SSSR count). The molecule has 3 aliphatic rings. The Morgan fingerprint density at radius 3 is 2.40 bits per heavy atom. The van der Waals surface area contributed by atoms with Crippen molar-refractivity contribution in [1.82, 2.24) is 15.5 Å². The van der Waals surface area contributed by atoms with Crippen molar-refractivity contribution in [3.05, 3.63) is 0 Å². The summed E-state index contributed by atoms with van der Waals surface area (Å²) in [7, 11) is 0. The molecule has 7 nitrogen and oxygen atoms in total. The SMILES string of the molecule is CCNC(=NCC1(CN2CCOCC2)CCCCC1)NCC1(CCO)CCOC1.I. The average Bonchev–Trinajstić information content (AvgIpc) is 3.21. The molecule has 0 aromatic rings. The summed E-state index contributed by atoms with van der Waals surface area (Å²) in [6.07, 6.45) is 8.32.